The fourth-order valence-corrected chi connectivity index (χ4v) is 4.56. The van der Waals surface area contributed by atoms with Crippen LogP contribution in [0.4, 0.5) is 17.6 Å². The van der Waals surface area contributed by atoms with Gasteiger partial charge in [0.2, 0.25) is 12.7 Å². The van der Waals surface area contributed by atoms with Gasteiger partial charge in [0, 0.05) is 64.0 Å². The first-order valence-corrected chi connectivity index (χ1v) is 11.9. The van der Waals surface area contributed by atoms with E-state index in [2.05, 4.69) is 69.8 Å². The van der Waals surface area contributed by atoms with Gasteiger partial charge in [0.15, 0.2) is 11.5 Å². The zero-order valence-corrected chi connectivity index (χ0v) is 20.3. The summed E-state index contributed by atoms with van der Waals surface area (Å²) in [7, 11) is 0. The summed E-state index contributed by atoms with van der Waals surface area (Å²) in [6, 6.07) is 9.21. The maximum absolute atomic E-state index is 6.04. The molecule has 0 amide bonds. The van der Waals surface area contributed by atoms with Gasteiger partial charge >= 0.3 is 0 Å². The highest BCUT2D eigenvalue weighted by Gasteiger charge is 2.21. The molecule has 9 heteroatoms. The summed E-state index contributed by atoms with van der Waals surface area (Å²) >= 11 is 0. The maximum Gasteiger partial charge on any atom is 0.231 e. The summed E-state index contributed by atoms with van der Waals surface area (Å²) < 4.78 is 10.9. The molecular weight excluding hydrogens is 418 g/mol. The van der Waals surface area contributed by atoms with Gasteiger partial charge in [-0.1, -0.05) is 6.07 Å². The number of nitrogen functional groups attached to an aromatic ring is 1. The standard InChI is InChI=1S/C24H37N7O2/c1-17(2)31(18(3)4)8-7-26-22-14-23(28-24(25)27-22)30-11-9-29(10-12-30)15-19-5-6-20-21(13-19)33-16-32-20/h5-6,13-14,17-18H,7-12,15-16H2,1-4H3,(H3,25,26,27,28). The number of rotatable bonds is 9. The minimum Gasteiger partial charge on any atom is -0.454 e. The van der Waals surface area contributed by atoms with Crippen LogP contribution < -0.4 is 25.4 Å². The van der Waals surface area contributed by atoms with Crippen LogP contribution in [0, 0.1) is 0 Å². The Hall–Kier alpha value is -2.78. The minimum atomic E-state index is 0.308. The van der Waals surface area contributed by atoms with Crippen LogP contribution in [-0.2, 0) is 6.54 Å². The number of nitrogens with two attached hydrogens (primary N) is 1. The van der Waals surface area contributed by atoms with Crippen molar-refractivity contribution in [2.75, 3.05) is 62.0 Å². The van der Waals surface area contributed by atoms with Crippen LogP contribution in [-0.4, -0.2) is 77.9 Å². The van der Waals surface area contributed by atoms with Crippen molar-refractivity contribution in [1.82, 2.24) is 19.8 Å². The molecule has 0 saturated carbocycles. The van der Waals surface area contributed by atoms with Gasteiger partial charge in [-0.15, -0.1) is 0 Å². The van der Waals surface area contributed by atoms with Crippen molar-refractivity contribution in [2.45, 2.75) is 46.3 Å². The van der Waals surface area contributed by atoms with Crippen LogP contribution in [0.2, 0.25) is 0 Å². The third kappa shape index (κ3) is 5.97. The molecule has 0 aliphatic carbocycles. The highest BCUT2D eigenvalue weighted by Crippen LogP contribution is 2.33. The van der Waals surface area contributed by atoms with E-state index in [1.807, 2.05) is 12.1 Å². The first kappa shape index (κ1) is 23.4. The number of ether oxygens (including phenoxy) is 2. The second kappa shape index (κ2) is 10.4. The van der Waals surface area contributed by atoms with E-state index in [1.165, 1.54) is 5.56 Å². The molecule has 0 unspecified atom stereocenters. The van der Waals surface area contributed by atoms with Gasteiger partial charge in [-0.2, -0.15) is 9.97 Å². The molecule has 180 valence electrons. The predicted molar refractivity (Wildman–Crippen MR) is 132 cm³/mol. The van der Waals surface area contributed by atoms with E-state index in [-0.39, 0.29) is 0 Å². The molecule has 0 spiro atoms. The normalized spacial score (nSPS) is 16.3. The van der Waals surface area contributed by atoms with E-state index in [4.69, 9.17) is 15.2 Å². The van der Waals surface area contributed by atoms with Gasteiger partial charge in [0.25, 0.3) is 0 Å². The smallest absolute Gasteiger partial charge is 0.231 e. The summed E-state index contributed by atoms with van der Waals surface area (Å²) in [6.07, 6.45) is 0. The number of hydrogen-bond donors (Lipinski definition) is 2. The average molecular weight is 456 g/mol. The monoisotopic (exact) mass is 455 g/mol. The van der Waals surface area contributed by atoms with Crippen molar-refractivity contribution in [3.05, 3.63) is 29.8 Å². The molecule has 33 heavy (non-hydrogen) atoms. The van der Waals surface area contributed by atoms with Crippen molar-refractivity contribution in [3.63, 3.8) is 0 Å². The zero-order valence-electron chi connectivity index (χ0n) is 20.3. The molecule has 0 radical (unpaired) electrons. The second-order valence-corrected chi connectivity index (χ2v) is 9.27. The number of benzene rings is 1. The van der Waals surface area contributed by atoms with Gasteiger partial charge < -0.3 is 25.4 Å². The quantitative estimate of drug-likeness (QED) is 0.592. The Balaban J connectivity index is 1.30. The molecule has 9 nitrogen and oxygen atoms in total. The lowest BCUT2D eigenvalue weighted by Gasteiger charge is -2.35. The number of anilines is 3. The molecule has 2 aliphatic heterocycles. The third-order valence-corrected chi connectivity index (χ3v) is 6.27. The third-order valence-electron chi connectivity index (χ3n) is 6.27. The van der Waals surface area contributed by atoms with Crippen molar-refractivity contribution in [1.29, 1.82) is 0 Å². The number of piperazine rings is 1. The first-order valence-electron chi connectivity index (χ1n) is 11.9. The van der Waals surface area contributed by atoms with Gasteiger partial charge in [-0.3, -0.25) is 9.80 Å². The fourth-order valence-electron chi connectivity index (χ4n) is 4.56. The molecule has 3 N–H and O–H groups in total. The van der Waals surface area contributed by atoms with Crippen molar-refractivity contribution >= 4 is 17.6 Å². The van der Waals surface area contributed by atoms with Crippen LogP contribution in [0.1, 0.15) is 33.3 Å². The minimum absolute atomic E-state index is 0.308. The van der Waals surface area contributed by atoms with Crippen LogP contribution in [0.15, 0.2) is 24.3 Å². The zero-order chi connectivity index (χ0) is 23.4. The Morgan fingerprint density at radius 2 is 1.73 bits per heavy atom. The molecule has 0 atom stereocenters. The summed E-state index contributed by atoms with van der Waals surface area (Å²) in [6.45, 7) is 15.6. The largest absolute Gasteiger partial charge is 0.454 e. The topological polar surface area (TPSA) is 92.0 Å². The lowest BCUT2D eigenvalue weighted by atomic mass is 10.1. The number of nitrogens with one attached hydrogen (secondary N) is 1. The van der Waals surface area contributed by atoms with Gasteiger partial charge in [0.05, 0.1) is 0 Å². The first-order chi connectivity index (χ1) is 15.9. The number of nitrogens with zero attached hydrogens (tertiary/aromatic N) is 5. The van der Waals surface area contributed by atoms with Gasteiger partial charge in [-0.25, -0.2) is 0 Å². The molecule has 1 fully saturated rings. The van der Waals surface area contributed by atoms with E-state index < -0.39 is 0 Å². The Labute approximate surface area is 196 Å². The van der Waals surface area contributed by atoms with E-state index >= 15 is 0 Å². The van der Waals surface area contributed by atoms with E-state index in [1.54, 1.807) is 0 Å². The van der Waals surface area contributed by atoms with Crippen LogP contribution in [0.5, 0.6) is 11.5 Å². The van der Waals surface area contributed by atoms with Crippen LogP contribution in [0.25, 0.3) is 0 Å². The van der Waals surface area contributed by atoms with E-state index in [9.17, 15) is 0 Å². The predicted octanol–water partition coefficient (Wildman–Crippen LogP) is 2.64. The molecule has 1 aromatic carbocycles. The molecule has 0 bridgehead atoms. The molecular formula is C24H37N7O2. The Morgan fingerprint density at radius 3 is 2.45 bits per heavy atom. The highest BCUT2D eigenvalue weighted by molar-refractivity contribution is 5.53. The van der Waals surface area contributed by atoms with Crippen molar-refractivity contribution in [2.24, 2.45) is 0 Å². The van der Waals surface area contributed by atoms with Gasteiger partial charge in [0.1, 0.15) is 11.6 Å². The van der Waals surface area contributed by atoms with Gasteiger partial charge in [-0.05, 0) is 45.4 Å². The SMILES string of the molecule is CC(C)N(CCNc1cc(N2CCN(Cc3ccc4c(c3)OCO4)CC2)nc(N)n1)C(C)C. The van der Waals surface area contributed by atoms with Crippen molar-refractivity contribution in [3.8, 4) is 11.5 Å². The molecule has 2 aliphatic rings. The molecule has 2 aromatic rings. The van der Waals surface area contributed by atoms with E-state index in [0.717, 1.165) is 68.9 Å². The summed E-state index contributed by atoms with van der Waals surface area (Å²) in [5.41, 5.74) is 7.27. The lowest BCUT2D eigenvalue weighted by molar-refractivity contribution is 0.174. The van der Waals surface area contributed by atoms with Crippen LogP contribution in [0.3, 0.4) is 0 Å². The average Bonchev–Trinajstić information content (AvgIpc) is 3.24. The summed E-state index contributed by atoms with van der Waals surface area (Å²) in [5.74, 6) is 3.65. The Kier molecular flexibility index (Phi) is 7.39. The van der Waals surface area contributed by atoms with Crippen LogP contribution >= 0.6 is 0 Å². The number of aromatic nitrogens is 2. The molecule has 4 rings (SSSR count). The lowest BCUT2D eigenvalue weighted by Crippen LogP contribution is -2.46. The number of fused-ring (bicyclic) bond motifs is 1. The summed E-state index contributed by atoms with van der Waals surface area (Å²) in [4.78, 5) is 16.1. The fraction of sp³-hybridized carbons (Fsp3) is 0.583. The Bertz CT molecular complexity index is 921. The highest BCUT2D eigenvalue weighted by atomic mass is 16.7. The Morgan fingerprint density at radius 1 is 1.00 bits per heavy atom. The molecule has 1 saturated heterocycles. The maximum atomic E-state index is 6.04. The van der Waals surface area contributed by atoms with E-state index in [0.29, 0.717) is 24.8 Å². The summed E-state index contributed by atoms with van der Waals surface area (Å²) in [5, 5.41) is 3.44. The molecule has 3 heterocycles. The van der Waals surface area contributed by atoms with Crippen molar-refractivity contribution < 1.29 is 9.47 Å². The number of hydrogen-bond acceptors (Lipinski definition) is 9. The second-order valence-electron chi connectivity index (χ2n) is 9.27. The molecule has 1 aromatic heterocycles.